The minimum absolute atomic E-state index is 0.0755. The number of hydrogen-bond acceptors (Lipinski definition) is 9. The van der Waals surface area contributed by atoms with Crippen LogP contribution < -0.4 is 9.47 Å². The number of carbonyl (C=O) groups is 2. The van der Waals surface area contributed by atoms with Gasteiger partial charge in [0.25, 0.3) is 0 Å². The summed E-state index contributed by atoms with van der Waals surface area (Å²) >= 11 is 1.45. The Morgan fingerprint density at radius 1 is 1.11 bits per heavy atom. The number of hydrogen-bond donors (Lipinski definition) is 0. The van der Waals surface area contributed by atoms with E-state index >= 15 is 0 Å². The molecule has 1 amide bonds. The summed E-state index contributed by atoms with van der Waals surface area (Å²) < 4.78 is 21.6. The zero-order valence-electron chi connectivity index (χ0n) is 20.5. The van der Waals surface area contributed by atoms with Gasteiger partial charge in [0.2, 0.25) is 5.91 Å². The van der Waals surface area contributed by atoms with E-state index in [0.29, 0.717) is 27.9 Å². The highest BCUT2D eigenvalue weighted by Crippen LogP contribution is 2.47. The molecular formula is C25H31N3O6S. The first-order chi connectivity index (χ1) is 17.0. The number of amides is 1. The number of thioether (sulfide) groups is 1. The Balaban J connectivity index is 1.74. The molecule has 0 bridgehead atoms. The van der Waals surface area contributed by atoms with E-state index in [1.807, 2.05) is 27.3 Å². The fourth-order valence-electron chi connectivity index (χ4n) is 4.50. The molecule has 0 aromatic heterocycles. The molecule has 0 saturated carbocycles. The van der Waals surface area contributed by atoms with Crippen LogP contribution in [-0.4, -0.2) is 74.5 Å². The average Bonchev–Trinajstić information content (AvgIpc) is 3.53. The summed E-state index contributed by atoms with van der Waals surface area (Å²) in [7, 11) is 4.72. The molecule has 1 fully saturated rings. The van der Waals surface area contributed by atoms with Crippen LogP contribution in [0.4, 0.5) is 0 Å². The van der Waals surface area contributed by atoms with Crippen LogP contribution in [0.2, 0.25) is 0 Å². The van der Waals surface area contributed by atoms with Crippen LogP contribution in [0.5, 0.6) is 11.5 Å². The predicted octanol–water partition coefficient (Wildman–Crippen LogP) is 3.48. The molecule has 3 aliphatic rings. The van der Waals surface area contributed by atoms with Gasteiger partial charge in [0, 0.05) is 37.5 Å². The smallest absolute Gasteiger partial charge is 0.338 e. The minimum atomic E-state index is -0.578. The number of fused-ring (bicyclic) bond motifs is 1. The monoisotopic (exact) mass is 501 g/mol. The molecule has 1 saturated heterocycles. The predicted molar refractivity (Wildman–Crippen MR) is 133 cm³/mol. The third kappa shape index (κ3) is 5.18. The molecular weight excluding hydrogens is 470 g/mol. The minimum Gasteiger partial charge on any atom is -0.497 e. The second-order valence-electron chi connectivity index (χ2n) is 8.39. The third-order valence-corrected chi connectivity index (χ3v) is 7.16. The number of nitrogens with zero attached hydrogens (tertiary/aromatic N) is 3. The van der Waals surface area contributed by atoms with Gasteiger partial charge in [-0.25, -0.2) is 9.79 Å². The number of ether oxygens (including phenoxy) is 4. The zero-order chi connectivity index (χ0) is 24.9. The molecule has 3 aliphatic heterocycles. The highest BCUT2D eigenvalue weighted by molar-refractivity contribution is 8.16. The molecule has 1 aromatic carbocycles. The van der Waals surface area contributed by atoms with Crippen molar-refractivity contribution in [2.75, 3.05) is 47.6 Å². The van der Waals surface area contributed by atoms with Crippen molar-refractivity contribution in [3.8, 4) is 11.5 Å². The fourth-order valence-corrected chi connectivity index (χ4v) is 5.46. The van der Waals surface area contributed by atoms with E-state index in [-0.39, 0.29) is 25.5 Å². The van der Waals surface area contributed by atoms with Crippen LogP contribution in [0.25, 0.3) is 0 Å². The largest absolute Gasteiger partial charge is 0.497 e. The van der Waals surface area contributed by atoms with Gasteiger partial charge in [-0.05, 0) is 37.3 Å². The number of carbonyl (C=O) groups excluding carboxylic acids is 2. The first kappa shape index (κ1) is 25.1. The average molecular weight is 502 g/mol. The number of allylic oxidation sites excluding steroid dienone is 1. The third-order valence-electron chi connectivity index (χ3n) is 6.27. The van der Waals surface area contributed by atoms with Crippen molar-refractivity contribution < 1.29 is 28.5 Å². The Hall–Kier alpha value is -2.98. The summed E-state index contributed by atoms with van der Waals surface area (Å²) in [5.74, 6) is 0.794. The number of esters is 1. The Morgan fingerprint density at radius 2 is 1.89 bits per heavy atom. The summed E-state index contributed by atoms with van der Waals surface area (Å²) in [6.45, 7) is 3.78. The summed E-state index contributed by atoms with van der Waals surface area (Å²) in [6.07, 6.45) is 2.29. The van der Waals surface area contributed by atoms with Crippen molar-refractivity contribution in [2.45, 2.75) is 32.2 Å². The van der Waals surface area contributed by atoms with Crippen LogP contribution in [0.3, 0.4) is 0 Å². The second-order valence-corrected chi connectivity index (χ2v) is 9.23. The first-order valence-corrected chi connectivity index (χ1v) is 12.5. The molecule has 0 unspecified atom stereocenters. The standard InChI is InChI=1S/C25H31N3O6S/c1-16-22(24(30)34-12-11-31-2)23(19-8-7-18(32-3)14-20(19)33-4)28-17(15-35-25(28)26-16)13-21(29)27-9-5-6-10-27/h7-8,14-15,23H,5-6,9-13H2,1-4H3/t23-/m0/s1. The van der Waals surface area contributed by atoms with Crippen LogP contribution >= 0.6 is 11.8 Å². The van der Waals surface area contributed by atoms with Crippen molar-refractivity contribution in [1.29, 1.82) is 0 Å². The lowest BCUT2D eigenvalue weighted by Gasteiger charge is -2.37. The van der Waals surface area contributed by atoms with Crippen LogP contribution in [0, 0.1) is 0 Å². The number of benzene rings is 1. The number of methoxy groups -OCH3 is 3. The van der Waals surface area contributed by atoms with Crippen LogP contribution in [-0.2, 0) is 19.1 Å². The summed E-state index contributed by atoms with van der Waals surface area (Å²) in [5, 5.41) is 2.66. The highest BCUT2D eigenvalue weighted by atomic mass is 32.2. The van der Waals surface area contributed by atoms with E-state index in [2.05, 4.69) is 0 Å². The van der Waals surface area contributed by atoms with Gasteiger partial charge in [-0.3, -0.25) is 4.79 Å². The molecule has 0 N–H and O–H groups in total. The van der Waals surface area contributed by atoms with Crippen molar-refractivity contribution >= 4 is 28.8 Å². The number of likely N-dealkylation sites (tertiary alicyclic amines) is 1. The topological polar surface area (TPSA) is 89.9 Å². The van der Waals surface area contributed by atoms with Crippen LogP contribution in [0.1, 0.15) is 37.8 Å². The molecule has 1 atom stereocenters. The molecule has 35 heavy (non-hydrogen) atoms. The van der Waals surface area contributed by atoms with Gasteiger partial charge in [0.05, 0.1) is 44.6 Å². The van der Waals surface area contributed by atoms with Gasteiger partial charge in [-0.1, -0.05) is 11.8 Å². The Labute approximate surface area is 209 Å². The van der Waals surface area contributed by atoms with Gasteiger partial charge in [0.15, 0.2) is 5.17 Å². The Morgan fingerprint density at radius 3 is 2.57 bits per heavy atom. The maximum Gasteiger partial charge on any atom is 0.338 e. The van der Waals surface area contributed by atoms with Gasteiger partial charge in [-0.15, -0.1) is 0 Å². The maximum atomic E-state index is 13.3. The summed E-state index contributed by atoms with van der Waals surface area (Å²) in [4.78, 5) is 34.9. The summed E-state index contributed by atoms with van der Waals surface area (Å²) in [5.41, 5.74) is 2.51. The number of amidine groups is 1. The van der Waals surface area contributed by atoms with Gasteiger partial charge >= 0.3 is 5.97 Å². The number of aliphatic imine (C=N–C) groups is 1. The molecule has 1 aromatic rings. The van der Waals surface area contributed by atoms with Gasteiger partial charge in [-0.2, -0.15) is 0 Å². The molecule has 0 spiro atoms. The molecule has 4 rings (SSSR count). The molecule has 9 nitrogen and oxygen atoms in total. The molecule has 10 heteroatoms. The molecule has 188 valence electrons. The van der Waals surface area contributed by atoms with E-state index in [4.69, 9.17) is 23.9 Å². The van der Waals surface area contributed by atoms with Crippen molar-refractivity contribution in [3.05, 3.63) is 46.1 Å². The van der Waals surface area contributed by atoms with E-state index in [9.17, 15) is 9.59 Å². The Bertz CT molecular complexity index is 1080. The van der Waals surface area contributed by atoms with Crippen molar-refractivity contribution in [3.63, 3.8) is 0 Å². The van der Waals surface area contributed by atoms with Crippen LogP contribution in [0.15, 0.2) is 45.6 Å². The van der Waals surface area contributed by atoms with E-state index in [0.717, 1.165) is 37.2 Å². The first-order valence-electron chi connectivity index (χ1n) is 11.6. The lowest BCUT2D eigenvalue weighted by molar-refractivity contribution is -0.141. The quantitative estimate of drug-likeness (QED) is 0.375. The highest BCUT2D eigenvalue weighted by Gasteiger charge is 2.42. The Kier molecular flexibility index (Phi) is 8.02. The fraction of sp³-hybridized carbons (Fsp3) is 0.480. The molecule has 0 radical (unpaired) electrons. The number of rotatable bonds is 9. The van der Waals surface area contributed by atoms with Crippen molar-refractivity contribution in [1.82, 2.24) is 9.80 Å². The van der Waals surface area contributed by atoms with Gasteiger partial charge in [0.1, 0.15) is 18.1 Å². The van der Waals surface area contributed by atoms with E-state index in [1.165, 1.54) is 11.8 Å². The SMILES string of the molecule is COCCOC(=O)C1=C(C)N=C2SC=C(CC(=O)N3CCCC3)N2[C@H]1c1ccc(OC)cc1OC. The second kappa shape index (κ2) is 11.2. The normalized spacial score (nSPS) is 19.4. The van der Waals surface area contributed by atoms with E-state index < -0.39 is 12.0 Å². The van der Waals surface area contributed by atoms with Gasteiger partial charge < -0.3 is 28.7 Å². The molecule has 3 heterocycles. The lowest BCUT2D eigenvalue weighted by Crippen LogP contribution is -2.38. The van der Waals surface area contributed by atoms with Crippen molar-refractivity contribution in [2.24, 2.45) is 4.99 Å². The maximum absolute atomic E-state index is 13.3. The zero-order valence-corrected chi connectivity index (χ0v) is 21.4. The molecule has 0 aliphatic carbocycles. The van der Waals surface area contributed by atoms with E-state index in [1.54, 1.807) is 34.3 Å². The lowest BCUT2D eigenvalue weighted by atomic mass is 9.93. The summed E-state index contributed by atoms with van der Waals surface area (Å²) in [6, 6.07) is 4.91.